The molecule has 1 aromatic carbocycles. The van der Waals surface area contributed by atoms with Crippen molar-refractivity contribution in [3.63, 3.8) is 0 Å². The highest BCUT2D eigenvalue weighted by atomic mass is 16.2. The van der Waals surface area contributed by atoms with Crippen molar-refractivity contribution in [2.24, 2.45) is 0 Å². The number of carbonyl (C=O) groups excluding carboxylic acids is 2. The average molecular weight is 301 g/mol. The van der Waals surface area contributed by atoms with E-state index in [0.29, 0.717) is 26.2 Å². The summed E-state index contributed by atoms with van der Waals surface area (Å²) in [6.45, 7) is 4.01. The SMILES string of the molecule is CC(=O)N1CCN(C(=O)Nc2cccc3c2CCCC3)CC1. The Labute approximate surface area is 131 Å². The summed E-state index contributed by atoms with van der Waals surface area (Å²) in [7, 11) is 0. The molecule has 1 saturated heterocycles. The molecule has 1 N–H and O–H groups in total. The molecule has 0 atom stereocenters. The molecule has 1 aliphatic carbocycles. The number of piperazine rings is 1. The van der Waals surface area contributed by atoms with E-state index >= 15 is 0 Å². The number of urea groups is 1. The lowest BCUT2D eigenvalue weighted by Gasteiger charge is -2.34. The van der Waals surface area contributed by atoms with Crippen molar-refractivity contribution in [1.82, 2.24) is 9.80 Å². The Kier molecular flexibility index (Phi) is 4.32. The number of anilines is 1. The fourth-order valence-electron chi connectivity index (χ4n) is 3.32. The first kappa shape index (κ1) is 14.9. The lowest BCUT2D eigenvalue weighted by Crippen LogP contribution is -2.51. The standard InChI is InChI=1S/C17H23N3O2/c1-13(21)19-9-11-20(12-10-19)17(22)18-16-8-4-6-14-5-2-3-7-15(14)16/h4,6,8H,2-3,5,7,9-12H2,1H3,(H,18,22). The van der Waals surface area contributed by atoms with Crippen LogP contribution in [0.2, 0.25) is 0 Å². The summed E-state index contributed by atoms with van der Waals surface area (Å²) in [5, 5.41) is 3.07. The Morgan fingerprint density at radius 3 is 2.41 bits per heavy atom. The van der Waals surface area contributed by atoms with Crippen LogP contribution in [0.25, 0.3) is 0 Å². The van der Waals surface area contributed by atoms with Crippen molar-refractivity contribution in [3.8, 4) is 0 Å². The van der Waals surface area contributed by atoms with E-state index in [1.165, 1.54) is 24.0 Å². The number of benzene rings is 1. The lowest BCUT2D eigenvalue weighted by molar-refractivity contribution is -0.130. The minimum atomic E-state index is -0.0535. The van der Waals surface area contributed by atoms with Gasteiger partial charge < -0.3 is 15.1 Å². The van der Waals surface area contributed by atoms with Crippen LogP contribution < -0.4 is 5.32 Å². The molecular formula is C17H23N3O2. The molecule has 1 aliphatic heterocycles. The third-order valence-electron chi connectivity index (χ3n) is 4.65. The van der Waals surface area contributed by atoms with E-state index < -0.39 is 0 Å². The van der Waals surface area contributed by atoms with E-state index in [0.717, 1.165) is 18.5 Å². The molecule has 5 nitrogen and oxygen atoms in total. The number of nitrogens with zero attached hydrogens (tertiary/aromatic N) is 2. The van der Waals surface area contributed by atoms with Gasteiger partial charge in [0.25, 0.3) is 0 Å². The molecule has 22 heavy (non-hydrogen) atoms. The third kappa shape index (κ3) is 3.08. The van der Waals surface area contributed by atoms with E-state index in [-0.39, 0.29) is 11.9 Å². The van der Waals surface area contributed by atoms with Crippen LogP contribution in [0.1, 0.15) is 30.9 Å². The van der Waals surface area contributed by atoms with Crippen molar-refractivity contribution >= 4 is 17.6 Å². The second-order valence-corrected chi connectivity index (χ2v) is 6.07. The molecule has 0 saturated carbocycles. The van der Waals surface area contributed by atoms with E-state index in [4.69, 9.17) is 0 Å². The van der Waals surface area contributed by atoms with Crippen LogP contribution in [0.4, 0.5) is 10.5 Å². The van der Waals surface area contributed by atoms with Crippen LogP contribution in [0.5, 0.6) is 0 Å². The molecule has 1 aromatic rings. The summed E-state index contributed by atoms with van der Waals surface area (Å²) in [6.07, 6.45) is 4.58. The maximum Gasteiger partial charge on any atom is 0.321 e. The van der Waals surface area contributed by atoms with Crippen LogP contribution in [0.3, 0.4) is 0 Å². The second-order valence-electron chi connectivity index (χ2n) is 6.07. The Morgan fingerprint density at radius 2 is 1.68 bits per heavy atom. The fourth-order valence-corrected chi connectivity index (χ4v) is 3.32. The molecule has 1 heterocycles. The van der Waals surface area contributed by atoms with Gasteiger partial charge in [-0.1, -0.05) is 12.1 Å². The van der Waals surface area contributed by atoms with Gasteiger partial charge in [0.05, 0.1) is 0 Å². The number of nitrogens with one attached hydrogen (secondary N) is 1. The van der Waals surface area contributed by atoms with E-state index in [2.05, 4.69) is 11.4 Å². The second kappa shape index (κ2) is 6.38. The van der Waals surface area contributed by atoms with Gasteiger partial charge in [0.2, 0.25) is 5.91 Å². The van der Waals surface area contributed by atoms with Gasteiger partial charge in [-0.15, -0.1) is 0 Å². The number of carbonyl (C=O) groups is 2. The van der Waals surface area contributed by atoms with Crippen LogP contribution in [-0.2, 0) is 17.6 Å². The van der Waals surface area contributed by atoms with Crippen molar-refractivity contribution in [2.45, 2.75) is 32.6 Å². The summed E-state index contributed by atoms with van der Waals surface area (Å²) in [4.78, 5) is 27.4. The van der Waals surface area contributed by atoms with Crippen LogP contribution in [0, 0.1) is 0 Å². The Balaban J connectivity index is 1.64. The monoisotopic (exact) mass is 301 g/mol. The summed E-state index contributed by atoms with van der Waals surface area (Å²) >= 11 is 0. The predicted octanol–water partition coefficient (Wildman–Crippen LogP) is 2.26. The fraction of sp³-hybridized carbons (Fsp3) is 0.529. The Morgan fingerprint density at radius 1 is 1.00 bits per heavy atom. The maximum absolute atomic E-state index is 12.4. The van der Waals surface area contributed by atoms with Crippen LogP contribution in [-0.4, -0.2) is 47.9 Å². The van der Waals surface area contributed by atoms with Crippen molar-refractivity contribution in [1.29, 1.82) is 0 Å². The zero-order valence-electron chi connectivity index (χ0n) is 13.1. The summed E-state index contributed by atoms with van der Waals surface area (Å²) in [5.74, 6) is 0.0807. The molecule has 3 amide bonds. The number of hydrogen-bond acceptors (Lipinski definition) is 2. The highest BCUT2D eigenvalue weighted by molar-refractivity contribution is 5.90. The molecule has 1 fully saturated rings. The number of rotatable bonds is 1. The normalized spacial score (nSPS) is 17.9. The van der Waals surface area contributed by atoms with Gasteiger partial charge in [-0.3, -0.25) is 4.79 Å². The van der Waals surface area contributed by atoms with Gasteiger partial charge in [-0.25, -0.2) is 4.79 Å². The molecular weight excluding hydrogens is 278 g/mol. The quantitative estimate of drug-likeness (QED) is 0.865. The molecule has 118 valence electrons. The number of fused-ring (bicyclic) bond motifs is 1. The molecule has 3 rings (SSSR count). The summed E-state index contributed by atoms with van der Waals surface area (Å²) in [6, 6.07) is 6.12. The zero-order valence-corrected chi connectivity index (χ0v) is 13.1. The first-order valence-corrected chi connectivity index (χ1v) is 8.07. The Bertz CT molecular complexity index is 577. The molecule has 0 spiro atoms. The Hall–Kier alpha value is -2.04. The van der Waals surface area contributed by atoms with Gasteiger partial charge in [0.1, 0.15) is 0 Å². The topological polar surface area (TPSA) is 52.7 Å². The lowest BCUT2D eigenvalue weighted by atomic mass is 9.90. The van der Waals surface area contributed by atoms with Gasteiger partial charge in [-0.05, 0) is 42.9 Å². The van der Waals surface area contributed by atoms with Crippen LogP contribution >= 0.6 is 0 Å². The van der Waals surface area contributed by atoms with Crippen molar-refractivity contribution < 1.29 is 9.59 Å². The van der Waals surface area contributed by atoms with Gasteiger partial charge in [-0.2, -0.15) is 0 Å². The molecule has 0 radical (unpaired) electrons. The number of amides is 3. The molecule has 0 bridgehead atoms. The molecule has 0 aromatic heterocycles. The van der Waals surface area contributed by atoms with Gasteiger partial charge in [0, 0.05) is 38.8 Å². The average Bonchev–Trinajstić information content (AvgIpc) is 2.55. The van der Waals surface area contributed by atoms with Crippen molar-refractivity contribution in [2.75, 3.05) is 31.5 Å². The smallest absolute Gasteiger partial charge is 0.321 e. The van der Waals surface area contributed by atoms with Gasteiger partial charge in [0.15, 0.2) is 0 Å². The van der Waals surface area contributed by atoms with E-state index in [1.54, 1.807) is 16.7 Å². The highest BCUT2D eigenvalue weighted by Gasteiger charge is 2.23. The summed E-state index contributed by atoms with van der Waals surface area (Å²) < 4.78 is 0. The number of aryl methyl sites for hydroxylation is 1. The molecule has 2 aliphatic rings. The highest BCUT2D eigenvalue weighted by Crippen LogP contribution is 2.28. The predicted molar refractivity (Wildman–Crippen MR) is 85.9 cm³/mol. The van der Waals surface area contributed by atoms with Gasteiger partial charge >= 0.3 is 6.03 Å². The van der Waals surface area contributed by atoms with E-state index in [1.807, 2.05) is 12.1 Å². The summed E-state index contributed by atoms with van der Waals surface area (Å²) in [5.41, 5.74) is 3.62. The first-order chi connectivity index (χ1) is 10.6. The van der Waals surface area contributed by atoms with E-state index in [9.17, 15) is 9.59 Å². The largest absolute Gasteiger partial charge is 0.339 e. The number of hydrogen-bond donors (Lipinski definition) is 1. The first-order valence-electron chi connectivity index (χ1n) is 8.07. The molecule has 0 unspecified atom stereocenters. The molecule has 5 heteroatoms. The maximum atomic E-state index is 12.4. The minimum absolute atomic E-state index is 0.0535. The zero-order chi connectivity index (χ0) is 15.5. The van der Waals surface area contributed by atoms with Crippen molar-refractivity contribution in [3.05, 3.63) is 29.3 Å². The minimum Gasteiger partial charge on any atom is -0.339 e. The van der Waals surface area contributed by atoms with Crippen LogP contribution in [0.15, 0.2) is 18.2 Å². The third-order valence-corrected chi connectivity index (χ3v) is 4.65.